The minimum absolute atomic E-state index is 0.330. The van der Waals surface area contributed by atoms with E-state index in [1.807, 2.05) is 11.8 Å². The average molecular weight is 214 g/mol. The summed E-state index contributed by atoms with van der Waals surface area (Å²) in [6, 6.07) is 0. The van der Waals surface area contributed by atoms with Gasteiger partial charge in [0.1, 0.15) is 0 Å². The summed E-state index contributed by atoms with van der Waals surface area (Å²) in [4.78, 5) is 0. The minimum atomic E-state index is -0.330. The van der Waals surface area contributed by atoms with Gasteiger partial charge < -0.3 is 5.11 Å². The Balaban J connectivity index is 2.03. The molecule has 2 aliphatic rings. The molecule has 0 bridgehead atoms. The van der Waals surface area contributed by atoms with Gasteiger partial charge in [0.05, 0.1) is 5.60 Å². The molecule has 1 nitrogen and oxygen atoms in total. The zero-order valence-electron chi connectivity index (χ0n) is 9.17. The lowest BCUT2D eigenvalue weighted by molar-refractivity contribution is -0.0411. The lowest BCUT2D eigenvalue weighted by Crippen LogP contribution is -2.48. The molecule has 0 aromatic rings. The molecule has 0 aromatic carbocycles. The SMILES string of the molecule is CC1SCCCC1(O)C1CCCCC1. The summed E-state index contributed by atoms with van der Waals surface area (Å²) in [5.41, 5.74) is -0.330. The van der Waals surface area contributed by atoms with E-state index in [4.69, 9.17) is 0 Å². The van der Waals surface area contributed by atoms with Gasteiger partial charge in [0.25, 0.3) is 0 Å². The molecule has 14 heavy (non-hydrogen) atoms. The third-order valence-corrected chi connectivity index (χ3v) is 5.54. The van der Waals surface area contributed by atoms with Gasteiger partial charge in [-0.2, -0.15) is 11.8 Å². The Kier molecular flexibility index (Phi) is 3.43. The van der Waals surface area contributed by atoms with Crippen LogP contribution >= 0.6 is 11.8 Å². The van der Waals surface area contributed by atoms with Gasteiger partial charge in [0, 0.05) is 5.25 Å². The van der Waals surface area contributed by atoms with E-state index in [9.17, 15) is 5.11 Å². The van der Waals surface area contributed by atoms with Gasteiger partial charge >= 0.3 is 0 Å². The third kappa shape index (κ3) is 1.96. The molecule has 2 rings (SSSR count). The topological polar surface area (TPSA) is 20.2 Å². The molecule has 1 aliphatic carbocycles. The maximum Gasteiger partial charge on any atom is 0.0791 e. The first-order valence-electron chi connectivity index (χ1n) is 6.07. The molecular formula is C12H22OS. The van der Waals surface area contributed by atoms with Crippen molar-refractivity contribution >= 4 is 11.8 Å². The second-order valence-electron chi connectivity index (χ2n) is 4.94. The fourth-order valence-corrected chi connectivity index (χ4v) is 4.37. The molecule has 2 fully saturated rings. The Morgan fingerprint density at radius 3 is 2.50 bits per heavy atom. The van der Waals surface area contributed by atoms with E-state index in [1.165, 1.54) is 44.3 Å². The molecular weight excluding hydrogens is 192 g/mol. The van der Waals surface area contributed by atoms with Crippen LogP contribution in [0.4, 0.5) is 0 Å². The van der Waals surface area contributed by atoms with Crippen molar-refractivity contribution in [3.05, 3.63) is 0 Å². The largest absolute Gasteiger partial charge is 0.388 e. The van der Waals surface area contributed by atoms with Crippen LogP contribution in [0.5, 0.6) is 0 Å². The van der Waals surface area contributed by atoms with Crippen LogP contribution in [-0.4, -0.2) is 21.7 Å². The zero-order valence-corrected chi connectivity index (χ0v) is 9.98. The van der Waals surface area contributed by atoms with Gasteiger partial charge in [0.2, 0.25) is 0 Å². The summed E-state index contributed by atoms with van der Waals surface area (Å²) in [6.45, 7) is 2.22. The van der Waals surface area contributed by atoms with Crippen molar-refractivity contribution in [3.8, 4) is 0 Å². The van der Waals surface area contributed by atoms with Crippen molar-refractivity contribution in [2.75, 3.05) is 5.75 Å². The Morgan fingerprint density at radius 1 is 1.14 bits per heavy atom. The van der Waals surface area contributed by atoms with Gasteiger partial charge in [-0.05, 0) is 37.4 Å². The quantitative estimate of drug-likeness (QED) is 0.723. The molecule has 0 aromatic heterocycles. The molecule has 1 aliphatic heterocycles. The average Bonchev–Trinajstić information content (AvgIpc) is 2.24. The monoisotopic (exact) mass is 214 g/mol. The van der Waals surface area contributed by atoms with Crippen molar-refractivity contribution in [2.45, 2.75) is 62.7 Å². The lowest BCUT2D eigenvalue weighted by atomic mass is 9.73. The molecule has 1 heterocycles. The first kappa shape index (κ1) is 10.8. The van der Waals surface area contributed by atoms with Crippen LogP contribution in [-0.2, 0) is 0 Å². The van der Waals surface area contributed by atoms with Crippen molar-refractivity contribution in [1.29, 1.82) is 0 Å². The Bertz CT molecular complexity index is 189. The van der Waals surface area contributed by atoms with Crippen LogP contribution in [0.2, 0.25) is 0 Å². The number of rotatable bonds is 1. The Hall–Kier alpha value is 0.310. The highest BCUT2D eigenvalue weighted by molar-refractivity contribution is 8.00. The van der Waals surface area contributed by atoms with Gasteiger partial charge in [0.15, 0.2) is 0 Å². The van der Waals surface area contributed by atoms with Gasteiger partial charge in [-0.3, -0.25) is 0 Å². The van der Waals surface area contributed by atoms with Crippen LogP contribution in [0.25, 0.3) is 0 Å². The minimum Gasteiger partial charge on any atom is -0.388 e. The highest BCUT2D eigenvalue weighted by Crippen LogP contribution is 2.44. The molecule has 2 unspecified atom stereocenters. The van der Waals surface area contributed by atoms with E-state index >= 15 is 0 Å². The molecule has 1 saturated heterocycles. The Morgan fingerprint density at radius 2 is 1.86 bits per heavy atom. The molecule has 82 valence electrons. The Labute approximate surface area is 91.7 Å². The van der Waals surface area contributed by atoms with Gasteiger partial charge in [-0.1, -0.05) is 26.2 Å². The van der Waals surface area contributed by atoms with E-state index in [0.717, 1.165) is 6.42 Å². The van der Waals surface area contributed by atoms with E-state index in [-0.39, 0.29) is 5.60 Å². The summed E-state index contributed by atoms with van der Waals surface area (Å²) in [7, 11) is 0. The first-order chi connectivity index (χ1) is 6.73. The number of thioether (sulfide) groups is 1. The summed E-state index contributed by atoms with van der Waals surface area (Å²) in [5, 5.41) is 11.2. The summed E-state index contributed by atoms with van der Waals surface area (Å²) in [6.07, 6.45) is 8.85. The molecule has 0 radical (unpaired) electrons. The van der Waals surface area contributed by atoms with Crippen LogP contribution in [0.15, 0.2) is 0 Å². The summed E-state index contributed by atoms with van der Waals surface area (Å²) in [5.74, 6) is 1.84. The van der Waals surface area contributed by atoms with E-state index in [1.54, 1.807) is 0 Å². The molecule has 1 saturated carbocycles. The fraction of sp³-hybridized carbons (Fsp3) is 1.00. The van der Waals surface area contributed by atoms with E-state index in [0.29, 0.717) is 11.2 Å². The number of hydrogen-bond acceptors (Lipinski definition) is 2. The van der Waals surface area contributed by atoms with Crippen molar-refractivity contribution in [1.82, 2.24) is 0 Å². The van der Waals surface area contributed by atoms with Crippen LogP contribution in [0, 0.1) is 5.92 Å². The third-order valence-electron chi connectivity index (χ3n) is 4.11. The standard InChI is InChI=1S/C12H22OS/c1-10-12(13,8-5-9-14-10)11-6-3-2-4-7-11/h10-11,13H,2-9H2,1H3. The predicted molar refractivity (Wildman–Crippen MR) is 62.7 cm³/mol. The number of aliphatic hydroxyl groups is 1. The van der Waals surface area contributed by atoms with Crippen molar-refractivity contribution < 1.29 is 5.11 Å². The molecule has 0 amide bonds. The van der Waals surface area contributed by atoms with Crippen molar-refractivity contribution in [3.63, 3.8) is 0 Å². The van der Waals surface area contributed by atoms with Crippen LogP contribution < -0.4 is 0 Å². The molecule has 2 atom stereocenters. The molecule has 2 heteroatoms. The maximum atomic E-state index is 10.7. The highest BCUT2D eigenvalue weighted by atomic mass is 32.2. The van der Waals surface area contributed by atoms with Gasteiger partial charge in [-0.25, -0.2) is 0 Å². The number of hydrogen-bond donors (Lipinski definition) is 1. The lowest BCUT2D eigenvalue weighted by Gasteiger charge is -2.45. The van der Waals surface area contributed by atoms with Crippen LogP contribution in [0.3, 0.4) is 0 Å². The van der Waals surface area contributed by atoms with Crippen LogP contribution in [0.1, 0.15) is 51.9 Å². The zero-order chi connectivity index (χ0) is 10.0. The molecule has 0 spiro atoms. The molecule has 1 N–H and O–H groups in total. The first-order valence-corrected chi connectivity index (χ1v) is 7.12. The highest BCUT2D eigenvalue weighted by Gasteiger charge is 2.43. The van der Waals surface area contributed by atoms with E-state index in [2.05, 4.69) is 6.92 Å². The van der Waals surface area contributed by atoms with Crippen molar-refractivity contribution in [2.24, 2.45) is 5.92 Å². The summed E-state index contributed by atoms with van der Waals surface area (Å²) >= 11 is 1.97. The summed E-state index contributed by atoms with van der Waals surface area (Å²) < 4.78 is 0. The van der Waals surface area contributed by atoms with E-state index < -0.39 is 0 Å². The smallest absolute Gasteiger partial charge is 0.0791 e. The predicted octanol–water partition coefficient (Wildman–Crippen LogP) is 3.21. The second-order valence-corrected chi connectivity index (χ2v) is 6.39. The van der Waals surface area contributed by atoms with Gasteiger partial charge in [-0.15, -0.1) is 0 Å². The second kappa shape index (κ2) is 4.44. The normalized spacial score (nSPS) is 41.1. The fourth-order valence-electron chi connectivity index (χ4n) is 3.10. The maximum absolute atomic E-state index is 10.7.